The van der Waals surface area contributed by atoms with E-state index in [9.17, 15) is 9.59 Å². The maximum Gasteiger partial charge on any atom is 0.439 e. The minimum atomic E-state index is -0.581. The molecule has 0 fully saturated rings. The number of amides is 1. The van der Waals surface area contributed by atoms with Gasteiger partial charge in [0.05, 0.1) is 0 Å². The van der Waals surface area contributed by atoms with E-state index < -0.39 is 5.76 Å². The van der Waals surface area contributed by atoms with Crippen LogP contribution in [0.1, 0.15) is 15.9 Å². The third-order valence-electron chi connectivity index (χ3n) is 5.14. The average Bonchev–Trinajstić information content (AvgIpc) is 3.40. The summed E-state index contributed by atoms with van der Waals surface area (Å²) in [6.07, 6.45) is 2.00. The first-order valence-corrected chi connectivity index (χ1v) is 10.2. The van der Waals surface area contributed by atoms with Crippen molar-refractivity contribution in [3.05, 3.63) is 106 Å². The Morgan fingerprint density at radius 1 is 1.06 bits per heavy atom. The molecule has 32 heavy (non-hydrogen) atoms. The maximum atomic E-state index is 12.5. The molecule has 0 aliphatic carbocycles. The number of rotatable bonds is 5. The molecule has 0 saturated heterocycles. The lowest BCUT2D eigenvalue weighted by Gasteiger charge is -2.09. The van der Waals surface area contributed by atoms with Gasteiger partial charge in [-0.05, 0) is 60.2 Å². The fourth-order valence-electron chi connectivity index (χ4n) is 3.57. The van der Waals surface area contributed by atoms with Crippen LogP contribution in [0.25, 0.3) is 22.3 Å². The van der Waals surface area contributed by atoms with Crippen molar-refractivity contribution < 1.29 is 9.32 Å². The molecule has 0 atom stereocenters. The summed E-state index contributed by atoms with van der Waals surface area (Å²) in [5.41, 5.74) is 4.10. The van der Waals surface area contributed by atoms with E-state index in [2.05, 4.69) is 24.5 Å². The third kappa shape index (κ3) is 4.06. The van der Waals surface area contributed by atoms with Crippen molar-refractivity contribution in [1.29, 1.82) is 0 Å². The lowest BCUT2D eigenvalue weighted by Crippen LogP contribution is -2.11. The van der Waals surface area contributed by atoms with Crippen molar-refractivity contribution in [3.63, 3.8) is 0 Å². The molecule has 2 N–H and O–H groups in total. The first kappa shape index (κ1) is 19.8. The van der Waals surface area contributed by atoms with E-state index in [0.717, 1.165) is 22.0 Å². The Labute approximate surface area is 187 Å². The fourth-order valence-corrected chi connectivity index (χ4v) is 3.76. The van der Waals surface area contributed by atoms with E-state index in [4.69, 9.17) is 11.6 Å². The Kier molecular flexibility index (Phi) is 5.09. The van der Waals surface area contributed by atoms with Crippen molar-refractivity contribution in [2.75, 3.05) is 5.32 Å². The van der Waals surface area contributed by atoms with Crippen molar-refractivity contribution in [2.24, 2.45) is 0 Å². The highest BCUT2D eigenvalue weighted by atomic mass is 35.5. The van der Waals surface area contributed by atoms with Gasteiger partial charge in [-0.2, -0.15) is 0 Å². The number of aromatic nitrogens is 3. The van der Waals surface area contributed by atoms with Crippen LogP contribution in [-0.4, -0.2) is 20.6 Å². The summed E-state index contributed by atoms with van der Waals surface area (Å²) in [5.74, 6) is -0.373. The molecule has 5 rings (SSSR count). The van der Waals surface area contributed by atoms with Gasteiger partial charge in [-0.3, -0.25) is 14.3 Å². The van der Waals surface area contributed by atoms with E-state index in [1.165, 1.54) is 0 Å². The van der Waals surface area contributed by atoms with Crippen LogP contribution >= 0.6 is 11.6 Å². The minimum absolute atomic E-state index is 0.191. The molecule has 0 radical (unpaired) electrons. The van der Waals surface area contributed by atoms with Gasteiger partial charge in [0.2, 0.25) is 0 Å². The van der Waals surface area contributed by atoms with Gasteiger partial charge < -0.3 is 9.88 Å². The molecule has 7 nitrogen and oxygen atoms in total. The summed E-state index contributed by atoms with van der Waals surface area (Å²) in [6.45, 7) is 0.653. The zero-order valence-corrected chi connectivity index (χ0v) is 17.5. The number of H-pyrrole nitrogens is 1. The summed E-state index contributed by atoms with van der Waals surface area (Å²) in [6, 6.07) is 22.3. The molecule has 2 heterocycles. The van der Waals surface area contributed by atoms with Crippen molar-refractivity contribution >= 4 is 34.1 Å². The van der Waals surface area contributed by atoms with E-state index in [1.807, 2.05) is 42.6 Å². The molecule has 8 heteroatoms. The monoisotopic (exact) mass is 444 g/mol. The molecule has 0 unspecified atom stereocenters. The highest BCUT2D eigenvalue weighted by molar-refractivity contribution is 6.31. The van der Waals surface area contributed by atoms with Crippen LogP contribution in [0.3, 0.4) is 0 Å². The Morgan fingerprint density at radius 2 is 1.91 bits per heavy atom. The summed E-state index contributed by atoms with van der Waals surface area (Å²) < 4.78 is 6.70. The van der Waals surface area contributed by atoms with Crippen molar-refractivity contribution in [3.8, 4) is 11.4 Å². The van der Waals surface area contributed by atoms with Crippen LogP contribution in [0.2, 0.25) is 5.02 Å². The first-order chi connectivity index (χ1) is 15.5. The Hall–Kier alpha value is -4.10. The number of benzene rings is 3. The zero-order chi connectivity index (χ0) is 22.1. The number of carbonyl (C=O) groups is 1. The molecule has 5 aromatic rings. The molecule has 0 aliphatic heterocycles. The first-order valence-electron chi connectivity index (χ1n) is 9.86. The van der Waals surface area contributed by atoms with Gasteiger partial charge in [0, 0.05) is 45.5 Å². The molecular weight excluding hydrogens is 428 g/mol. The number of anilines is 1. The Morgan fingerprint density at radius 3 is 2.66 bits per heavy atom. The van der Waals surface area contributed by atoms with Crippen LogP contribution in [0.15, 0.2) is 88.3 Å². The Bertz CT molecular complexity index is 1480. The zero-order valence-electron chi connectivity index (χ0n) is 16.7. The van der Waals surface area contributed by atoms with Crippen LogP contribution in [0, 0.1) is 0 Å². The molecular formula is C24H17ClN4O3. The molecule has 0 bridgehead atoms. The predicted octanol–water partition coefficient (Wildman–Crippen LogP) is 4.94. The van der Waals surface area contributed by atoms with Crippen LogP contribution in [0.5, 0.6) is 0 Å². The van der Waals surface area contributed by atoms with Crippen molar-refractivity contribution in [2.45, 2.75) is 6.54 Å². The van der Waals surface area contributed by atoms with Crippen LogP contribution < -0.4 is 11.1 Å². The van der Waals surface area contributed by atoms with Gasteiger partial charge >= 0.3 is 5.76 Å². The number of hydrogen-bond donors (Lipinski definition) is 2. The molecule has 0 saturated carbocycles. The predicted molar refractivity (Wildman–Crippen MR) is 123 cm³/mol. The number of hydrogen-bond acceptors (Lipinski definition) is 4. The molecule has 0 aliphatic rings. The summed E-state index contributed by atoms with van der Waals surface area (Å²) in [7, 11) is 0. The second-order valence-corrected chi connectivity index (χ2v) is 7.76. The van der Waals surface area contributed by atoms with Gasteiger partial charge in [-0.25, -0.2) is 4.79 Å². The number of halogens is 1. The van der Waals surface area contributed by atoms with E-state index in [-0.39, 0.29) is 5.91 Å². The highest BCUT2D eigenvalue weighted by Gasteiger charge is 2.09. The minimum Gasteiger partial charge on any atom is -0.343 e. The Balaban J connectivity index is 1.32. The maximum absolute atomic E-state index is 12.5. The lowest BCUT2D eigenvalue weighted by atomic mass is 10.1. The second kappa shape index (κ2) is 8.20. The number of aromatic amines is 1. The van der Waals surface area contributed by atoms with E-state index >= 15 is 0 Å². The molecule has 158 valence electrons. The van der Waals surface area contributed by atoms with Gasteiger partial charge in [-0.1, -0.05) is 35.0 Å². The number of carbonyl (C=O) groups excluding carboxylic acids is 1. The quantitative estimate of drug-likeness (QED) is 0.401. The second-order valence-electron chi connectivity index (χ2n) is 7.32. The third-order valence-corrected chi connectivity index (χ3v) is 5.37. The summed E-state index contributed by atoms with van der Waals surface area (Å²) in [5, 5.41) is 8.16. The number of nitrogens with zero attached hydrogens (tertiary/aromatic N) is 2. The number of nitrogens with one attached hydrogen (secondary N) is 2. The normalized spacial score (nSPS) is 11.0. The van der Waals surface area contributed by atoms with Crippen molar-refractivity contribution in [1.82, 2.24) is 14.7 Å². The molecule has 3 aromatic carbocycles. The van der Waals surface area contributed by atoms with Crippen LogP contribution in [0.4, 0.5) is 5.69 Å². The largest absolute Gasteiger partial charge is 0.439 e. The molecule has 2 aromatic heterocycles. The topological polar surface area (TPSA) is 92.9 Å². The summed E-state index contributed by atoms with van der Waals surface area (Å²) in [4.78, 5) is 26.2. The standard InChI is InChI=1S/C24H17ClN4O3/c25-19-2-1-3-20(13-19)26-23(30)16-6-4-15(5-7-16)14-29-11-10-17-12-18(8-9-21(17)29)22-27-24(31)32-28-22/h1-13H,14H2,(H,26,30)(H,27,28,31). The van der Waals surface area contributed by atoms with E-state index in [1.54, 1.807) is 36.4 Å². The molecule has 1 amide bonds. The van der Waals surface area contributed by atoms with Gasteiger partial charge in [0.15, 0.2) is 5.82 Å². The van der Waals surface area contributed by atoms with Gasteiger partial charge in [0.1, 0.15) is 0 Å². The summed E-state index contributed by atoms with van der Waals surface area (Å²) >= 11 is 5.97. The van der Waals surface area contributed by atoms with Crippen LogP contribution in [-0.2, 0) is 6.54 Å². The SMILES string of the molecule is O=C(Nc1cccc(Cl)c1)c1ccc(Cn2ccc3cc(-c4noc(=O)[nH]4)ccc32)cc1. The smallest absolute Gasteiger partial charge is 0.343 e. The van der Waals surface area contributed by atoms with E-state index in [0.29, 0.717) is 28.6 Å². The lowest BCUT2D eigenvalue weighted by molar-refractivity contribution is 0.102. The van der Waals surface area contributed by atoms with Gasteiger partial charge in [0.25, 0.3) is 5.91 Å². The average molecular weight is 445 g/mol. The fraction of sp³-hybridized carbons (Fsp3) is 0.0417. The number of fused-ring (bicyclic) bond motifs is 1. The molecule has 0 spiro atoms. The van der Waals surface area contributed by atoms with Gasteiger partial charge in [-0.15, -0.1) is 0 Å². The highest BCUT2D eigenvalue weighted by Crippen LogP contribution is 2.23.